The molecule has 0 aliphatic rings. The minimum atomic E-state index is 0.686. The smallest absolute Gasteiger partial charge is 0.227 e. The molecule has 0 fully saturated rings. The van der Waals surface area contributed by atoms with Gasteiger partial charge in [-0.15, -0.1) is 21.5 Å². The Kier molecular flexibility index (Phi) is 7.13. The molecular weight excluding hydrogens is 380 g/mol. The number of rotatable bonds is 10. The predicted octanol–water partition coefficient (Wildman–Crippen LogP) is 5.27. The summed E-state index contributed by atoms with van der Waals surface area (Å²) in [7, 11) is 0. The largest absolute Gasteiger partial charge is 0.339 e. The van der Waals surface area contributed by atoms with Gasteiger partial charge in [-0.25, -0.2) is 0 Å². The summed E-state index contributed by atoms with van der Waals surface area (Å²) in [5, 5.41) is 14.5. The number of nitrogens with zero attached hydrogens (tertiary/aromatic N) is 4. The summed E-state index contributed by atoms with van der Waals surface area (Å²) >= 11 is 6.86. The number of hydrogen-bond donors (Lipinski definition) is 0. The molecule has 0 amide bonds. The summed E-state index contributed by atoms with van der Waals surface area (Å²) in [6.07, 6.45) is 4.22. The zero-order valence-corrected chi connectivity index (χ0v) is 16.6. The Labute approximate surface area is 157 Å². The fraction of sp³-hybridized carbons (Fsp3) is 0.467. The van der Waals surface area contributed by atoms with Crippen molar-refractivity contribution in [2.45, 2.75) is 41.3 Å². The summed E-state index contributed by atoms with van der Waals surface area (Å²) in [5.41, 5.74) is 0. The van der Waals surface area contributed by atoms with Gasteiger partial charge >= 0.3 is 0 Å². The van der Waals surface area contributed by atoms with Crippen molar-refractivity contribution in [1.29, 1.82) is 0 Å². The molecule has 128 valence electrons. The highest BCUT2D eigenvalue weighted by atomic mass is 32.2. The van der Waals surface area contributed by atoms with Crippen LogP contribution in [0, 0.1) is 0 Å². The van der Waals surface area contributed by atoms with Gasteiger partial charge in [-0.1, -0.05) is 59.4 Å². The van der Waals surface area contributed by atoms with Crippen molar-refractivity contribution in [2.24, 2.45) is 0 Å². The van der Waals surface area contributed by atoms with Gasteiger partial charge in [0.15, 0.2) is 8.68 Å². The minimum Gasteiger partial charge on any atom is -0.339 e. The molecule has 0 aliphatic carbocycles. The summed E-state index contributed by atoms with van der Waals surface area (Å²) in [5.74, 6) is 3.49. The summed E-state index contributed by atoms with van der Waals surface area (Å²) in [6.45, 7) is 2.20. The monoisotopic (exact) mass is 398 g/mol. The van der Waals surface area contributed by atoms with E-state index in [1.807, 2.05) is 17.5 Å². The van der Waals surface area contributed by atoms with Crippen molar-refractivity contribution >= 4 is 46.2 Å². The molecule has 3 aromatic rings. The molecule has 3 rings (SSSR count). The van der Waals surface area contributed by atoms with Crippen molar-refractivity contribution in [3.05, 3.63) is 23.4 Å². The maximum atomic E-state index is 5.31. The molecule has 0 saturated heterocycles. The molecule has 9 heteroatoms. The Hall–Kier alpha value is -0.900. The number of aromatic nitrogens is 4. The maximum absolute atomic E-state index is 5.31. The first-order valence-corrected chi connectivity index (χ1v) is 11.5. The standard InChI is InChI=1S/C15H18N4OS4/c1-2-3-8-22-14-17-18-15(24-14)23-10-5-7-12-16-13(19-20-12)11-6-4-9-21-11/h4,6,9H,2-3,5,7-8,10H2,1H3. The molecule has 0 radical (unpaired) electrons. The normalized spacial score (nSPS) is 11.2. The first-order chi connectivity index (χ1) is 11.8. The molecule has 0 aromatic carbocycles. The van der Waals surface area contributed by atoms with Gasteiger partial charge in [0.25, 0.3) is 0 Å². The van der Waals surface area contributed by atoms with E-state index in [0.717, 1.165) is 37.9 Å². The van der Waals surface area contributed by atoms with Crippen LogP contribution in [0.1, 0.15) is 32.1 Å². The van der Waals surface area contributed by atoms with E-state index in [1.165, 1.54) is 12.8 Å². The van der Waals surface area contributed by atoms with Gasteiger partial charge in [0.1, 0.15) is 0 Å². The second-order valence-corrected chi connectivity index (χ2v) is 9.59. The molecule has 0 unspecified atom stereocenters. The second-order valence-electron chi connectivity index (χ2n) is 4.98. The van der Waals surface area contributed by atoms with Gasteiger partial charge < -0.3 is 4.52 Å². The molecule has 0 N–H and O–H groups in total. The molecule has 24 heavy (non-hydrogen) atoms. The summed E-state index contributed by atoms with van der Waals surface area (Å²) in [6, 6.07) is 3.99. The van der Waals surface area contributed by atoms with E-state index >= 15 is 0 Å². The fourth-order valence-corrected chi connectivity index (χ4v) is 5.70. The molecule has 0 spiro atoms. The maximum Gasteiger partial charge on any atom is 0.227 e. The van der Waals surface area contributed by atoms with Crippen LogP contribution in [0.25, 0.3) is 10.7 Å². The molecule has 3 heterocycles. The van der Waals surface area contributed by atoms with Crippen LogP contribution in [0.2, 0.25) is 0 Å². The van der Waals surface area contributed by atoms with Crippen LogP contribution < -0.4 is 0 Å². The molecule has 0 atom stereocenters. The van der Waals surface area contributed by atoms with E-state index in [4.69, 9.17) is 4.52 Å². The van der Waals surface area contributed by atoms with Crippen LogP contribution >= 0.6 is 46.2 Å². The highest BCUT2D eigenvalue weighted by Crippen LogP contribution is 2.29. The fourth-order valence-electron chi connectivity index (χ4n) is 1.86. The van der Waals surface area contributed by atoms with Crippen molar-refractivity contribution in [3.8, 4) is 10.7 Å². The van der Waals surface area contributed by atoms with Gasteiger partial charge in [-0.05, 0) is 24.3 Å². The lowest BCUT2D eigenvalue weighted by molar-refractivity contribution is 0.378. The third-order valence-corrected chi connectivity index (χ3v) is 7.31. The Balaban J connectivity index is 1.38. The van der Waals surface area contributed by atoms with Gasteiger partial charge in [-0.2, -0.15) is 4.98 Å². The SMILES string of the molecule is CCCCSc1nnc(SCCCc2nc(-c3cccs3)no2)s1. The zero-order chi connectivity index (χ0) is 16.6. The van der Waals surface area contributed by atoms with E-state index in [0.29, 0.717) is 11.7 Å². The highest BCUT2D eigenvalue weighted by Gasteiger charge is 2.10. The number of hydrogen-bond acceptors (Lipinski definition) is 9. The number of thioether (sulfide) groups is 2. The van der Waals surface area contributed by atoms with Crippen LogP contribution in [-0.2, 0) is 6.42 Å². The van der Waals surface area contributed by atoms with E-state index in [9.17, 15) is 0 Å². The van der Waals surface area contributed by atoms with Crippen LogP contribution in [0.5, 0.6) is 0 Å². The highest BCUT2D eigenvalue weighted by molar-refractivity contribution is 8.03. The zero-order valence-electron chi connectivity index (χ0n) is 13.3. The lowest BCUT2D eigenvalue weighted by atomic mass is 10.3. The Morgan fingerprint density at radius 2 is 1.92 bits per heavy atom. The van der Waals surface area contributed by atoms with Gasteiger partial charge in [-0.3, -0.25) is 0 Å². The van der Waals surface area contributed by atoms with E-state index in [-0.39, 0.29) is 0 Å². The van der Waals surface area contributed by atoms with Crippen molar-refractivity contribution < 1.29 is 4.52 Å². The lowest BCUT2D eigenvalue weighted by Gasteiger charge is -1.94. The average molecular weight is 399 g/mol. The lowest BCUT2D eigenvalue weighted by Crippen LogP contribution is -1.88. The third-order valence-electron chi connectivity index (χ3n) is 3.08. The number of aryl methyl sites for hydroxylation is 1. The van der Waals surface area contributed by atoms with Crippen LogP contribution in [0.4, 0.5) is 0 Å². The Bertz CT molecular complexity index is 726. The Morgan fingerprint density at radius 3 is 2.62 bits per heavy atom. The van der Waals surface area contributed by atoms with Gasteiger partial charge in [0.2, 0.25) is 11.7 Å². The Morgan fingerprint density at radius 1 is 1.12 bits per heavy atom. The molecule has 0 bridgehead atoms. The van der Waals surface area contributed by atoms with E-state index < -0.39 is 0 Å². The number of thiophene rings is 1. The molecule has 0 aliphatic heterocycles. The molecular formula is C15H18N4OS4. The van der Waals surface area contributed by atoms with Crippen molar-refractivity contribution in [1.82, 2.24) is 20.3 Å². The topological polar surface area (TPSA) is 64.7 Å². The number of unbranched alkanes of at least 4 members (excludes halogenated alkanes) is 1. The minimum absolute atomic E-state index is 0.686. The van der Waals surface area contributed by atoms with Gasteiger partial charge in [0, 0.05) is 17.9 Å². The second kappa shape index (κ2) is 9.55. The first kappa shape index (κ1) is 17.9. The molecule has 3 aromatic heterocycles. The predicted molar refractivity (Wildman–Crippen MR) is 102 cm³/mol. The third kappa shape index (κ3) is 5.30. The van der Waals surface area contributed by atoms with Crippen molar-refractivity contribution in [3.63, 3.8) is 0 Å². The van der Waals surface area contributed by atoms with E-state index in [2.05, 4.69) is 27.3 Å². The quantitative estimate of drug-likeness (QED) is 0.340. The van der Waals surface area contributed by atoms with E-state index in [1.54, 1.807) is 46.2 Å². The molecule has 5 nitrogen and oxygen atoms in total. The molecule has 0 saturated carbocycles. The van der Waals surface area contributed by atoms with Crippen molar-refractivity contribution in [2.75, 3.05) is 11.5 Å². The van der Waals surface area contributed by atoms with Crippen LogP contribution in [0.3, 0.4) is 0 Å². The van der Waals surface area contributed by atoms with Crippen LogP contribution in [0.15, 0.2) is 30.7 Å². The van der Waals surface area contributed by atoms with Gasteiger partial charge in [0.05, 0.1) is 4.88 Å². The first-order valence-electron chi connectivity index (χ1n) is 7.80. The summed E-state index contributed by atoms with van der Waals surface area (Å²) < 4.78 is 7.42. The average Bonchev–Trinajstić information content (AvgIpc) is 3.33. The summed E-state index contributed by atoms with van der Waals surface area (Å²) in [4.78, 5) is 5.48. The van der Waals surface area contributed by atoms with Crippen LogP contribution in [-0.4, -0.2) is 31.8 Å².